The maximum atomic E-state index is 10.9. The highest BCUT2D eigenvalue weighted by Crippen LogP contribution is 2.16. The summed E-state index contributed by atoms with van der Waals surface area (Å²) in [5.41, 5.74) is 0. The molecule has 84 valence electrons. The Hall–Kier alpha value is -1.81. The van der Waals surface area contributed by atoms with Crippen molar-refractivity contribution in [2.24, 2.45) is 4.99 Å². The lowest BCUT2D eigenvalue weighted by molar-refractivity contribution is 0.252. The maximum absolute atomic E-state index is 10.9. The fraction of sp³-hybridized carbons (Fsp3) is 0.0909. The second kappa shape index (κ2) is 6.63. The van der Waals surface area contributed by atoms with Gasteiger partial charge in [0.2, 0.25) is 0 Å². The molecule has 0 unspecified atom stereocenters. The normalized spacial score (nSPS) is 10.9. The van der Waals surface area contributed by atoms with E-state index in [1.807, 2.05) is 0 Å². The van der Waals surface area contributed by atoms with E-state index >= 15 is 0 Å². The fourth-order valence-corrected chi connectivity index (χ4v) is 1.09. The van der Waals surface area contributed by atoms with Crippen molar-refractivity contribution in [2.75, 3.05) is 0 Å². The van der Waals surface area contributed by atoms with Gasteiger partial charge in [0.05, 0.1) is 0 Å². The predicted molar refractivity (Wildman–Crippen MR) is 63.9 cm³/mol. The number of amides is 2. The summed E-state index contributed by atoms with van der Waals surface area (Å²) in [6, 6.07) is 6.48. The third-order valence-corrected chi connectivity index (χ3v) is 1.76. The van der Waals surface area contributed by atoms with Crippen molar-refractivity contribution in [1.29, 1.82) is 0 Å². The zero-order chi connectivity index (χ0) is 11.8. The number of hydrogen-bond acceptors (Lipinski definition) is 2. The highest BCUT2D eigenvalue weighted by atomic mass is 35.5. The number of hydrogen-bond donors (Lipinski definition) is 1. The van der Waals surface area contributed by atoms with Crippen LogP contribution in [-0.2, 0) is 0 Å². The molecule has 0 radical (unpaired) electrons. The minimum atomic E-state index is -0.451. The summed E-state index contributed by atoms with van der Waals surface area (Å²) >= 11 is 5.76. The average Bonchev–Trinajstić information content (AvgIpc) is 2.25. The lowest BCUT2D eigenvalue weighted by Crippen LogP contribution is -2.11. The molecule has 0 saturated heterocycles. The highest BCUT2D eigenvalue weighted by molar-refractivity contribution is 6.30. The average molecular weight is 239 g/mol. The number of rotatable bonds is 3. The van der Waals surface area contributed by atoms with E-state index in [0.29, 0.717) is 10.8 Å². The Balaban J connectivity index is 2.40. The molecule has 0 fully saturated rings. The van der Waals surface area contributed by atoms with Gasteiger partial charge in [-0.1, -0.05) is 17.7 Å². The number of nitrogens with zero attached hydrogens (tertiary/aromatic N) is 1. The van der Waals surface area contributed by atoms with Crippen molar-refractivity contribution in [2.45, 2.75) is 6.92 Å². The van der Waals surface area contributed by atoms with Crippen LogP contribution in [0.5, 0.6) is 5.75 Å². The third kappa shape index (κ3) is 4.61. The minimum Gasteiger partial charge on any atom is -0.463 e. The maximum Gasteiger partial charge on any atom is 0.344 e. The molecule has 2 amide bonds. The number of urea groups is 1. The van der Waals surface area contributed by atoms with E-state index in [2.05, 4.69) is 10.3 Å². The lowest BCUT2D eigenvalue weighted by atomic mass is 10.3. The predicted octanol–water partition coefficient (Wildman–Crippen LogP) is 2.99. The molecule has 1 rings (SSSR count). The number of aliphatic imine (C=N–C) groups is 1. The summed E-state index contributed by atoms with van der Waals surface area (Å²) in [7, 11) is 0. The summed E-state index contributed by atoms with van der Waals surface area (Å²) in [5, 5.41) is 2.98. The van der Waals surface area contributed by atoms with Gasteiger partial charge in [0.1, 0.15) is 12.0 Å². The van der Waals surface area contributed by atoms with Gasteiger partial charge in [0, 0.05) is 17.4 Å². The van der Waals surface area contributed by atoms with Crippen LogP contribution in [0.15, 0.2) is 41.7 Å². The molecule has 0 bridgehead atoms. The Bertz CT molecular complexity index is 416. The topological polar surface area (TPSA) is 50.7 Å². The molecule has 1 aromatic carbocycles. The Labute approximate surface area is 98.6 Å². The van der Waals surface area contributed by atoms with Crippen LogP contribution >= 0.6 is 11.6 Å². The molecule has 0 saturated carbocycles. The molecule has 5 heteroatoms. The van der Waals surface area contributed by atoms with Gasteiger partial charge in [0.25, 0.3) is 0 Å². The Kier molecular flexibility index (Phi) is 5.08. The molecule has 0 aliphatic rings. The Morgan fingerprint density at radius 1 is 1.56 bits per heavy atom. The molecule has 0 atom stereocenters. The summed E-state index contributed by atoms with van der Waals surface area (Å²) in [6.07, 6.45) is 4.10. The quantitative estimate of drug-likeness (QED) is 0.650. The van der Waals surface area contributed by atoms with Crippen LogP contribution in [0, 0.1) is 0 Å². The van der Waals surface area contributed by atoms with Crippen LogP contribution in [-0.4, -0.2) is 12.2 Å². The Morgan fingerprint density at radius 2 is 2.38 bits per heavy atom. The third-order valence-electron chi connectivity index (χ3n) is 1.52. The van der Waals surface area contributed by atoms with E-state index in [4.69, 9.17) is 16.3 Å². The van der Waals surface area contributed by atoms with Crippen LogP contribution < -0.4 is 10.1 Å². The van der Waals surface area contributed by atoms with Gasteiger partial charge < -0.3 is 10.1 Å². The fourth-order valence-electron chi connectivity index (χ4n) is 0.913. The van der Waals surface area contributed by atoms with Crippen LogP contribution in [0.4, 0.5) is 4.79 Å². The van der Waals surface area contributed by atoms with Crippen LogP contribution in [0.2, 0.25) is 5.02 Å². The number of halogens is 1. The molecule has 16 heavy (non-hydrogen) atoms. The molecule has 1 aromatic rings. The lowest BCUT2D eigenvalue weighted by Gasteiger charge is -1.99. The van der Waals surface area contributed by atoms with Crippen molar-refractivity contribution < 1.29 is 9.53 Å². The first-order chi connectivity index (χ1) is 7.72. The van der Waals surface area contributed by atoms with Gasteiger partial charge >= 0.3 is 6.03 Å². The summed E-state index contributed by atoms with van der Waals surface area (Å²) in [6.45, 7) is 1.66. The van der Waals surface area contributed by atoms with Crippen LogP contribution in [0.1, 0.15) is 6.92 Å². The van der Waals surface area contributed by atoms with E-state index in [1.54, 1.807) is 31.2 Å². The Morgan fingerprint density at radius 3 is 3.06 bits per heavy atom. The van der Waals surface area contributed by atoms with Gasteiger partial charge in [0.15, 0.2) is 0 Å². The smallest absolute Gasteiger partial charge is 0.344 e. The second-order valence-electron chi connectivity index (χ2n) is 2.71. The molecule has 0 aliphatic carbocycles. The molecule has 0 heterocycles. The molecule has 4 nitrogen and oxygen atoms in total. The first-order valence-corrected chi connectivity index (χ1v) is 4.96. The summed E-state index contributed by atoms with van der Waals surface area (Å²) in [4.78, 5) is 14.4. The van der Waals surface area contributed by atoms with E-state index in [9.17, 15) is 4.79 Å². The molecule has 0 spiro atoms. The number of benzene rings is 1. The largest absolute Gasteiger partial charge is 0.463 e. The van der Waals surface area contributed by atoms with E-state index in [1.165, 1.54) is 18.7 Å². The zero-order valence-electron chi connectivity index (χ0n) is 8.68. The number of carbonyl (C=O) groups excluding carboxylic acids is 1. The monoisotopic (exact) mass is 238 g/mol. The van der Waals surface area contributed by atoms with Gasteiger partial charge in [-0.15, -0.1) is 0 Å². The standard InChI is InChI=1S/C11H11ClN2O2/c1-2-13-11(15)14-6-7-16-10-5-3-4-9(12)8-10/h2-8H,1H3,(H,14,15)/b7-6+,13-2-. The SMILES string of the molecule is C/C=N\C(=O)N/C=C/Oc1cccc(Cl)c1. The van der Waals surface area contributed by atoms with Crippen LogP contribution in [0.3, 0.4) is 0 Å². The summed E-state index contributed by atoms with van der Waals surface area (Å²) in [5.74, 6) is 0.594. The van der Waals surface area contributed by atoms with E-state index < -0.39 is 6.03 Å². The minimum absolute atomic E-state index is 0.451. The van der Waals surface area contributed by atoms with Gasteiger partial charge in [-0.3, -0.25) is 0 Å². The molecule has 1 N–H and O–H groups in total. The van der Waals surface area contributed by atoms with Crippen molar-refractivity contribution in [3.05, 3.63) is 41.8 Å². The first kappa shape index (κ1) is 12.3. The van der Waals surface area contributed by atoms with Crippen LogP contribution in [0.25, 0.3) is 0 Å². The number of nitrogens with one attached hydrogen (secondary N) is 1. The van der Waals surface area contributed by atoms with Gasteiger partial charge in [-0.25, -0.2) is 9.79 Å². The second-order valence-corrected chi connectivity index (χ2v) is 3.15. The molecule has 0 aromatic heterocycles. The van der Waals surface area contributed by atoms with Crippen molar-refractivity contribution in [1.82, 2.24) is 5.32 Å². The molecule has 0 aliphatic heterocycles. The zero-order valence-corrected chi connectivity index (χ0v) is 9.44. The highest BCUT2D eigenvalue weighted by Gasteiger charge is 1.92. The molecular weight excluding hydrogens is 228 g/mol. The van der Waals surface area contributed by atoms with Gasteiger partial charge in [-0.2, -0.15) is 0 Å². The van der Waals surface area contributed by atoms with E-state index in [0.717, 1.165) is 0 Å². The van der Waals surface area contributed by atoms with Gasteiger partial charge in [-0.05, 0) is 25.1 Å². The van der Waals surface area contributed by atoms with Crippen molar-refractivity contribution in [3.63, 3.8) is 0 Å². The van der Waals surface area contributed by atoms with E-state index in [-0.39, 0.29) is 0 Å². The molecular formula is C11H11ClN2O2. The first-order valence-electron chi connectivity index (χ1n) is 4.59. The summed E-state index contributed by atoms with van der Waals surface area (Å²) < 4.78 is 5.18. The van der Waals surface area contributed by atoms with Crippen molar-refractivity contribution in [3.8, 4) is 5.75 Å². The number of ether oxygens (including phenoxy) is 1. The number of carbonyl (C=O) groups is 1. The van der Waals surface area contributed by atoms with Crippen molar-refractivity contribution >= 4 is 23.8 Å².